The van der Waals surface area contributed by atoms with Crippen LogP contribution in [0.3, 0.4) is 0 Å². The van der Waals surface area contributed by atoms with Gasteiger partial charge in [0.15, 0.2) is 17.3 Å². The standard InChI is InChI=1S/C23H25N3O5/c1-13-8-17(14(2)25(13)10-15-4-7-19-20(9-15)31-12-30-19)18(27)11-26-21(28)23(3,16-5-6-16)24-22(26)29/h4,7-9,16H,5-6,10-12H2,1-3H3,(H,24,29)/t23-/m1/s1. The number of fused-ring (bicyclic) bond motifs is 1. The van der Waals surface area contributed by atoms with Gasteiger partial charge < -0.3 is 19.4 Å². The Morgan fingerprint density at radius 3 is 2.65 bits per heavy atom. The zero-order valence-electron chi connectivity index (χ0n) is 17.9. The first kappa shape index (κ1) is 19.7. The first-order chi connectivity index (χ1) is 14.8. The molecule has 3 aliphatic rings. The lowest BCUT2D eigenvalue weighted by molar-refractivity contribution is -0.131. The molecule has 8 nitrogen and oxygen atoms in total. The van der Waals surface area contributed by atoms with Crippen molar-refractivity contribution in [3.05, 3.63) is 46.8 Å². The maximum absolute atomic E-state index is 13.1. The van der Waals surface area contributed by atoms with E-state index in [4.69, 9.17) is 9.47 Å². The number of ether oxygens (including phenoxy) is 2. The van der Waals surface area contributed by atoms with Gasteiger partial charge in [-0.1, -0.05) is 6.07 Å². The number of hydrogen-bond acceptors (Lipinski definition) is 5. The number of amides is 3. The second kappa shape index (κ2) is 6.87. The highest BCUT2D eigenvalue weighted by Gasteiger charge is 2.56. The van der Waals surface area contributed by atoms with Gasteiger partial charge in [0.05, 0.1) is 6.54 Å². The fourth-order valence-corrected chi connectivity index (χ4v) is 4.57. The van der Waals surface area contributed by atoms with Crippen molar-refractivity contribution in [3.8, 4) is 11.5 Å². The molecule has 1 saturated heterocycles. The molecule has 3 heterocycles. The zero-order chi connectivity index (χ0) is 21.9. The molecule has 2 aliphatic heterocycles. The lowest BCUT2D eigenvalue weighted by Crippen LogP contribution is -2.46. The fraction of sp³-hybridized carbons (Fsp3) is 0.435. The summed E-state index contributed by atoms with van der Waals surface area (Å²) in [5.74, 6) is 1.06. The molecule has 1 aliphatic carbocycles. The lowest BCUT2D eigenvalue weighted by atomic mass is 9.96. The second-order valence-electron chi connectivity index (χ2n) is 8.78. The minimum Gasteiger partial charge on any atom is -0.454 e. The Hall–Kier alpha value is -3.29. The smallest absolute Gasteiger partial charge is 0.325 e. The number of nitrogens with one attached hydrogen (secondary N) is 1. The van der Waals surface area contributed by atoms with Gasteiger partial charge in [-0.25, -0.2) is 4.79 Å². The topological polar surface area (TPSA) is 89.9 Å². The third-order valence-electron chi connectivity index (χ3n) is 6.65. The van der Waals surface area contributed by atoms with Crippen LogP contribution in [0, 0.1) is 19.8 Å². The van der Waals surface area contributed by atoms with Crippen LogP contribution >= 0.6 is 0 Å². The van der Waals surface area contributed by atoms with Gasteiger partial charge in [0.25, 0.3) is 5.91 Å². The molecule has 3 amide bonds. The molecule has 5 rings (SSSR count). The average molecular weight is 423 g/mol. The van der Waals surface area contributed by atoms with E-state index in [-0.39, 0.29) is 30.9 Å². The average Bonchev–Trinajstić information content (AvgIpc) is 3.39. The number of rotatable bonds is 6. The van der Waals surface area contributed by atoms with Gasteiger partial charge in [0.2, 0.25) is 6.79 Å². The Morgan fingerprint density at radius 1 is 1.16 bits per heavy atom. The van der Waals surface area contributed by atoms with Crippen molar-refractivity contribution in [1.29, 1.82) is 0 Å². The van der Waals surface area contributed by atoms with E-state index in [1.807, 2.05) is 42.7 Å². The first-order valence-electron chi connectivity index (χ1n) is 10.5. The van der Waals surface area contributed by atoms with Crippen molar-refractivity contribution in [1.82, 2.24) is 14.8 Å². The SMILES string of the molecule is Cc1cc(C(=O)CN2C(=O)N[C@](C)(C3CC3)C2=O)c(C)n1Cc1ccc2c(c1)OCO2. The van der Waals surface area contributed by atoms with Crippen molar-refractivity contribution in [2.24, 2.45) is 5.92 Å². The Labute approximate surface area is 180 Å². The summed E-state index contributed by atoms with van der Waals surface area (Å²) >= 11 is 0. The number of urea groups is 1. The van der Waals surface area contributed by atoms with Gasteiger partial charge >= 0.3 is 6.03 Å². The molecule has 2 aromatic rings. The molecule has 31 heavy (non-hydrogen) atoms. The Bertz CT molecular complexity index is 1120. The molecule has 0 spiro atoms. The zero-order valence-corrected chi connectivity index (χ0v) is 17.9. The van der Waals surface area contributed by atoms with Crippen LogP contribution < -0.4 is 14.8 Å². The molecule has 1 atom stereocenters. The first-order valence-corrected chi connectivity index (χ1v) is 10.5. The number of nitrogens with zero attached hydrogens (tertiary/aromatic N) is 2. The summed E-state index contributed by atoms with van der Waals surface area (Å²) in [7, 11) is 0. The van der Waals surface area contributed by atoms with Crippen LogP contribution in [0.25, 0.3) is 0 Å². The molecule has 2 fully saturated rings. The molecule has 8 heteroatoms. The number of carbonyl (C=O) groups is 3. The van der Waals surface area contributed by atoms with Crippen LogP contribution in [-0.2, 0) is 11.3 Å². The number of aromatic nitrogens is 1. The van der Waals surface area contributed by atoms with Crippen LogP contribution in [0.15, 0.2) is 24.3 Å². The van der Waals surface area contributed by atoms with E-state index < -0.39 is 11.6 Å². The van der Waals surface area contributed by atoms with E-state index in [1.54, 1.807) is 6.92 Å². The summed E-state index contributed by atoms with van der Waals surface area (Å²) in [5, 5.41) is 2.79. The van der Waals surface area contributed by atoms with E-state index in [2.05, 4.69) is 5.32 Å². The number of carbonyl (C=O) groups excluding carboxylic acids is 3. The van der Waals surface area contributed by atoms with E-state index >= 15 is 0 Å². The summed E-state index contributed by atoms with van der Waals surface area (Å²) in [6.45, 7) is 6.13. The Morgan fingerprint density at radius 2 is 1.90 bits per heavy atom. The number of hydrogen-bond donors (Lipinski definition) is 1. The number of imide groups is 1. The van der Waals surface area contributed by atoms with Gasteiger partial charge in [-0.2, -0.15) is 0 Å². The molecule has 162 valence electrons. The molecule has 1 N–H and O–H groups in total. The molecule has 0 bridgehead atoms. The summed E-state index contributed by atoms with van der Waals surface area (Å²) in [6, 6.07) is 7.13. The second-order valence-corrected chi connectivity index (χ2v) is 8.78. The molecule has 1 aromatic carbocycles. The van der Waals surface area contributed by atoms with E-state index in [0.29, 0.717) is 17.9 Å². The summed E-state index contributed by atoms with van der Waals surface area (Å²) in [6.07, 6.45) is 1.84. The van der Waals surface area contributed by atoms with Crippen molar-refractivity contribution in [3.63, 3.8) is 0 Å². The van der Waals surface area contributed by atoms with E-state index in [0.717, 1.165) is 40.4 Å². The van der Waals surface area contributed by atoms with Crippen LogP contribution in [0.1, 0.15) is 47.1 Å². The van der Waals surface area contributed by atoms with Gasteiger partial charge in [-0.05, 0) is 63.3 Å². The number of ketones is 1. The van der Waals surface area contributed by atoms with Crippen LogP contribution in [0.4, 0.5) is 4.79 Å². The van der Waals surface area contributed by atoms with Crippen LogP contribution in [0.2, 0.25) is 0 Å². The molecule has 1 aromatic heterocycles. The number of Topliss-reactive ketones (excluding diaryl/α,β-unsaturated/α-hetero) is 1. The minimum absolute atomic E-state index is 0.163. The predicted molar refractivity (Wildman–Crippen MR) is 111 cm³/mol. The third-order valence-corrected chi connectivity index (χ3v) is 6.65. The lowest BCUT2D eigenvalue weighted by Gasteiger charge is -2.20. The Kier molecular flexibility index (Phi) is 4.35. The number of aryl methyl sites for hydroxylation is 1. The molecular weight excluding hydrogens is 398 g/mol. The monoisotopic (exact) mass is 423 g/mol. The predicted octanol–water partition coefficient (Wildman–Crippen LogP) is 2.79. The maximum atomic E-state index is 13.1. The molecule has 1 saturated carbocycles. The van der Waals surface area contributed by atoms with Crippen LogP contribution in [0.5, 0.6) is 11.5 Å². The van der Waals surface area contributed by atoms with E-state index in [9.17, 15) is 14.4 Å². The summed E-state index contributed by atoms with van der Waals surface area (Å²) < 4.78 is 12.9. The van der Waals surface area contributed by atoms with Crippen molar-refractivity contribution in [2.45, 2.75) is 45.7 Å². The van der Waals surface area contributed by atoms with Crippen molar-refractivity contribution < 1.29 is 23.9 Å². The highest BCUT2D eigenvalue weighted by molar-refractivity contribution is 6.11. The normalized spacial score (nSPS) is 22.2. The quantitative estimate of drug-likeness (QED) is 0.570. The molecule has 0 unspecified atom stereocenters. The Balaban J connectivity index is 1.35. The van der Waals surface area contributed by atoms with Gasteiger partial charge in [-0.15, -0.1) is 0 Å². The van der Waals surface area contributed by atoms with Gasteiger partial charge in [0, 0.05) is 23.5 Å². The van der Waals surface area contributed by atoms with Gasteiger partial charge in [-0.3, -0.25) is 14.5 Å². The highest BCUT2D eigenvalue weighted by atomic mass is 16.7. The molecular formula is C23H25N3O5. The number of benzene rings is 1. The summed E-state index contributed by atoms with van der Waals surface area (Å²) in [4.78, 5) is 39.4. The highest BCUT2D eigenvalue weighted by Crippen LogP contribution is 2.42. The van der Waals surface area contributed by atoms with Crippen LogP contribution in [-0.4, -0.2) is 46.1 Å². The van der Waals surface area contributed by atoms with Crippen molar-refractivity contribution in [2.75, 3.05) is 13.3 Å². The third kappa shape index (κ3) is 3.17. The van der Waals surface area contributed by atoms with E-state index in [1.165, 1.54) is 0 Å². The summed E-state index contributed by atoms with van der Waals surface area (Å²) in [5.41, 5.74) is 2.40. The van der Waals surface area contributed by atoms with Gasteiger partial charge in [0.1, 0.15) is 5.54 Å². The molecule has 0 radical (unpaired) electrons. The minimum atomic E-state index is -0.881. The van der Waals surface area contributed by atoms with Crippen molar-refractivity contribution >= 4 is 17.7 Å². The maximum Gasteiger partial charge on any atom is 0.325 e. The fourth-order valence-electron chi connectivity index (χ4n) is 4.57. The largest absolute Gasteiger partial charge is 0.454 e.